The number of phenolic OH excluding ortho intramolecular Hbond substituents is 1. The number of hydrogen-bond donors (Lipinski definition) is 1. The average molecular weight is 316 g/mol. The van der Waals surface area contributed by atoms with Crippen LogP contribution in [-0.4, -0.2) is 5.11 Å². The molecule has 23 heavy (non-hydrogen) atoms. The van der Waals surface area contributed by atoms with Gasteiger partial charge >= 0.3 is 0 Å². The SMILES string of the molecule is CCCc1ccc(-c2cc(F)c3c(F)c(O)ccc3c2)c(F)c1. The Balaban J connectivity index is 2.16. The van der Waals surface area contributed by atoms with E-state index in [9.17, 15) is 18.3 Å². The van der Waals surface area contributed by atoms with E-state index < -0.39 is 23.2 Å². The van der Waals surface area contributed by atoms with Crippen molar-refractivity contribution in [1.29, 1.82) is 0 Å². The highest BCUT2D eigenvalue weighted by Gasteiger charge is 2.14. The van der Waals surface area contributed by atoms with Crippen LogP contribution in [0.4, 0.5) is 13.2 Å². The van der Waals surface area contributed by atoms with Crippen molar-refractivity contribution in [3.05, 3.63) is 65.5 Å². The highest BCUT2D eigenvalue weighted by Crippen LogP contribution is 2.33. The van der Waals surface area contributed by atoms with Gasteiger partial charge in [-0.05, 0) is 47.2 Å². The summed E-state index contributed by atoms with van der Waals surface area (Å²) < 4.78 is 42.4. The van der Waals surface area contributed by atoms with Crippen LogP contribution < -0.4 is 0 Å². The predicted molar refractivity (Wildman–Crippen MR) is 84.9 cm³/mol. The van der Waals surface area contributed by atoms with Crippen molar-refractivity contribution in [1.82, 2.24) is 0 Å². The molecule has 0 aliphatic rings. The summed E-state index contributed by atoms with van der Waals surface area (Å²) >= 11 is 0. The van der Waals surface area contributed by atoms with Crippen molar-refractivity contribution in [2.75, 3.05) is 0 Å². The van der Waals surface area contributed by atoms with Crippen molar-refractivity contribution in [2.45, 2.75) is 19.8 Å². The van der Waals surface area contributed by atoms with E-state index in [1.54, 1.807) is 12.1 Å². The van der Waals surface area contributed by atoms with E-state index in [2.05, 4.69) is 0 Å². The highest BCUT2D eigenvalue weighted by atomic mass is 19.1. The molecule has 0 heterocycles. The van der Waals surface area contributed by atoms with E-state index in [0.29, 0.717) is 5.56 Å². The molecule has 0 radical (unpaired) electrons. The van der Waals surface area contributed by atoms with Crippen LogP contribution in [0, 0.1) is 17.5 Å². The summed E-state index contributed by atoms with van der Waals surface area (Å²) in [4.78, 5) is 0. The van der Waals surface area contributed by atoms with Crippen LogP contribution in [0.15, 0.2) is 42.5 Å². The van der Waals surface area contributed by atoms with Gasteiger partial charge in [-0.15, -0.1) is 0 Å². The molecule has 0 aliphatic heterocycles. The second-order valence-electron chi connectivity index (χ2n) is 5.52. The normalized spacial score (nSPS) is 11.1. The standard InChI is InChI=1S/C19H15F3O/c1-2-3-11-4-6-14(15(20)8-11)13-9-12-5-7-17(23)19(22)18(12)16(21)10-13/h4-10,23H,2-3H2,1H3. The first-order valence-corrected chi connectivity index (χ1v) is 7.40. The minimum absolute atomic E-state index is 0.263. The molecule has 3 aromatic carbocycles. The Hall–Kier alpha value is -2.49. The molecule has 3 rings (SSSR count). The summed E-state index contributed by atoms with van der Waals surface area (Å²) in [6, 6.07) is 10.0. The number of halogens is 3. The minimum atomic E-state index is -1.01. The Morgan fingerprint density at radius 3 is 2.39 bits per heavy atom. The second-order valence-corrected chi connectivity index (χ2v) is 5.52. The smallest absolute Gasteiger partial charge is 0.175 e. The van der Waals surface area contributed by atoms with Crippen molar-refractivity contribution in [3.8, 4) is 16.9 Å². The maximum absolute atomic E-state index is 14.3. The summed E-state index contributed by atoms with van der Waals surface area (Å²) in [5, 5.41) is 9.33. The molecule has 0 aromatic heterocycles. The molecule has 0 fully saturated rings. The first kappa shape index (κ1) is 15.4. The van der Waals surface area contributed by atoms with Gasteiger partial charge in [0.1, 0.15) is 11.6 Å². The quantitative estimate of drug-likeness (QED) is 0.668. The monoisotopic (exact) mass is 316 g/mol. The molecular formula is C19H15F3O. The zero-order chi connectivity index (χ0) is 16.6. The third-order valence-electron chi connectivity index (χ3n) is 3.87. The molecule has 0 saturated carbocycles. The fraction of sp³-hybridized carbons (Fsp3) is 0.158. The Labute approximate surface area is 132 Å². The first-order chi connectivity index (χ1) is 11.0. The number of aryl methyl sites for hydroxylation is 1. The number of rotatable bonds is 3. The topological polar surface area (TPSA) is 20.2 Å². The van der Waals surface area contributed by atoms with Crippen LogP contribution in [0.5, 0.6) is 5.75 Å². The van der Waals surface area contributed by atoms with Gasteiger partial charge < -0.3 is 5.11 Å². The lowest BCUT2D eigenvalue weighted by atomic mass is 9.98. The van der Waals surface area contributed by atoms with Crippen molar-refractivity contribution < 1.29 is 18.3 Å². The van der Waals surface area contributed by atoms with Gasteiger partial charge in [0.2, 0.25) is 0 Å². The maximum atomic E-state index is 14.3. The van der Waals surface area contributed by atoms with Gasteiger partial charge in [-0.3, -0.25) is 0 Å². The second kappa shape index (κ2) is 5.95. The molecule has 3 aromatic rings. The Kier molecular flexibility index (Phi) is 3.99. The highest BCUT2D eigenvalue weighted by molar-refractivity contribution is 5.89. The zero-order valence-electron chi connectivity index (χ0n) is 12.5. The van der Waals surface area contributed by atoms with Crippen molar-refractivity contribution in [2.24, 2.45) is 0 Å². The van der Waals surface area contributed by atoms with E-state index in [4.69, 9.17) is 0 Å². The van der Waals surface area contributed by atoms with Crippen molar-refractivity contribution in [3.63, 3.8) is 0 Å². The van der Waals surface area contributed by atoms with Crippen LogP contribution in [0.2, 0.25) is 0 Å². The largest absolute Gasteiger partial charge is 0.505 e. The Morgan fingerprint density at radius 1 is 0.913 bits per heavy atom. The summed E-state index contributed by atoms with van der Waals surface area (Å²) in [7, 11) is 0. The summed E-state index contributed by atoms with van der Waals surface area (Å²) in [5.74, 6) is -2.89. The lowest BCUT2D eigenvalue weighted by Crippen LogP contribution is -1.92. The molecule has 0 amide bonds. The molecule has 1 N–H and O–H groups in total. The molecule has 0 saturated heterocycles. The van der Waals surface area contributed by atoms with Crippen LogP contribution >= 0.6 is 0 Å². The van der Waals surface area contributed by atoms with Crippen LogP contribution in [0.1, 0.15) is 18.9 Å². The number of phenols is 1. The van der Waals surface area contributed by atoms with Crippen molar-refractivity contribution >= 4 is 10.8 Å². The molecule has 0 unspecified atom stereocenters. The summed E-state index contributed by atoms with van der Waals surface area (Å²) in [5.41, 5.74) is 1.48. The number of aromatic hydroxyl groups is 1. The molecule has 118 valence electrons. The van der Waals surface area contributed by atoms with E-state index in [0.717, 1.165) is 30.5 Å². The van der Waals surface area contributed by atoms with E-state index in [1.165, 1.54) is 18.2 Å². The molecule has 1 nitrogen and oxygen atoms in total. The number of benzene rings is 3. The lowest BCUT2D eigenvalue weighted by molar-refractivity contribution is 0.435. The molecule has 0 aliphatic carbocycles. The van der Waals surface area contributed by atoms with Crippen LogP contribution in [-0.2, 0) is 6.42 Å². The fourth-order valence-electron chi connectivity index (χ4n) is 2.75. The molecule has 0 atom stereocenters. The predicted octanol–water partition coefficient (Wildman–Crippen LogP) is 5.58. The minimum Gasteiger partial charge on any atom is -0.505 e. The third kappa shape index (κ3) is 2.77. The number of fused-ring (bicyclic) bond motifs is 1. The van der Waals surface area contributed by atoms with Gasteiger partial charge in [-0.1, -0.05) is 31.5 Å². The number of hydrogen-bond acceptors (Lipinski definition) is 1. The van der Waals surface area contributed by atoms with Crippen LogP contribution in [0.25, 0.3) is 21.9 Å². The fourth-order valence-corrected chi connectivity index (χ4v) is 2.75. The van der Waals surface area contributed by atoms with E-state index >= 15 is 0 Å². The average Bonchev–Trinajstić information content (AvgIpc) is 2.51. The van der Waals surface area contributed by atoms with E-state index in [1.807, 2.05) is 6.92 Å². The lowest BCUT2D eigenvalue weighted by Gasteiger charge is -2.09. The zero-order valence-corrected chi connectivity index (χ0v) is 12.5. The maximum Gasteiger partial charge on any atom is 0.175 e. The van der Waals surface area contributed by atoms with Gasteiger partial charge in [0, 0.05) is 5.56 Å². The molecule has 0 bridgehead atoms. The van der Waals surface area contributed by atoms with Gasteiger partial charge in [0.05, 0.1) is 5.39 Å². The van der Waals surface area contributed by atoms with Gasteiger partial charge in [-0.2, -0.15) is 0 Å². The Bertz CT molecular complexity index is 887. The first-order valence-electron chi connectivity index (χ1n) is 7.40. The van der Waals surface area contributed by atoms with Gasteiger partial charge in [0.15, 0.2) is 11.6 Å². The van der Waals surface area contributed by atoms with Gasteiger partial charge in [-0.25, -0.2) is 13.2 Å². The molecular weight excluding hydrogens is 301 g/mol. The van der Waals surface area contributed by atoms with Crippen LogP contribution in [0.3, 0.4) is 0 Å². The summed E-state index contributed by atoms with van der Waals surface area (Å²) in [6.07, 6.45) is 1.68. The molecule has 4 heteroatoms. The van der Waals surface area contributed by atoms with E-state index in [-0.39, 0.29) is 16.3 Å². The van der Waals surface area contributed by atoms with Gasteiger partial charge in [0.25, 0.3) is 0 Å². The summed E-state index contributed by atoms with van der Waals surface area (Å²) in [6.45, 7) is 2.01. The molecule has 0 spiro atoms. The third-order valence-corrected chi connectivity index (χ3v) is 3.87. The Morgan fingerprint density at radius 2 is 1.70 bits per heavy atom.